The number of anilines is 3. The van der Waals surface area contributed by atoms with E-state index in [2.05, 4.69) is 52.0 Å². The third kappa shape index (κ3) is 5.25. The maximum atomic E-state index is 15.6. The Hall–Kier alpha value is -5.36. The second-order valence-corrected chi connectivity index (χ2v) is 14.6. The van der Waals surface area contributed by atoms with E-state index >= 15 is 4.39 Å². The summed E-state index contributed by atoms with van der Waals surface area (Å²) in [4.78, 5) is 1.41. The molecule has 8 rings (SSSR count). The summed E-state index contributed by atoms with van der Waals surface area (Å²) in [7, 11) is 0. The van der Waals surface area contributed by atoms with Crippen LogP contribution in [-0.2, 0) is 10.8 Å². The van der Waals surface area contributed by atoms with Crippen molar-refractivity contribution in [1.29, 1.82) is 0 Å². The summed E-state index contributed by atoms with van der Waals surface area (Å²) >= 11 is 0. The first-order chi connectivity index (χ1) is 23.9. The molecule has 0 spiro atoms. The van der Waals surface area contributed by atoms with Crippen LogP contribution in [0.25, 0.3) is 44.2 Å². The summed E-state index contributed by atoms with van der Waals surface area (Å²) in [5, 5.41) is 1.68. The van der Waals surface area contributed by atoms with E-state index in [0.717, 1.165) is 51.5 Å². The Morgan fingerprint density at radius 1 is 0.500 bits per heavy atom. The zero-order chi connectivity index (χ0) is 34.9. The van der Waals surface area contributed by atoms with Crippen LogP contribution in [0.15, 0.2) is 120 Å². The van der Waals surface area contributed by atoms with Crippen molar-refractivity contribution in [3.05, 3.63) is 150 Å². The fourth-order valence-corrected chi connectivity index (χ4v) is 7.40. The highest BCUT2D eigenvalue weighted by Crippen LogP contribution is 2.49. The van der Waals surface area contributed by atoms with Gasteiger partial charge in [-0.05, 0) is 99.5 Å². The van der Waals surface area contributed by atoms with Gasteiger partial charge in [0.2, 0.25) is 0 Å². The second kappa shape index (κ2) is 11.6. The van der Waals surface area contributed by atoms with Crippen LogP contribution in [0.1, 0.15) is 51.7 Å². The van der Waals surface area contributed by atoms with Crippen molar-refractivity contribution in [2.45, 2.75) is 51.4 Å². The normalized spacial score (nSPS) is 15.0. The van der Waals surface area contributed by atoms with E-state index in [4.69, 9.17) is 4.42 Å². The minimum Gasteiger partial charge on any atom is -0.456 e. The summed E-state index contributed by atoms with van der Waals surface area (Å²) in [6, 6.07) is 35.9. The molecule has 0 saturated carbocycles. The molecule has 0 bridgehead atoms. The maximum Gasteiger partial charge on any atom is 0.199 e. The topological polar surface area (TPSA) is 16.4 Å². The smallest absolute Gasteiger partial charge is 0.199 e. The number of nitrogens with zero attached hydrogens (tertiary/aromatic N) is 1. The SMILES string of the molecule is CC1(C)CCC(C)(C)c2cc3c(cc21)oc1ccc(N(c2ccc(-c4ccc(-c5ccccc5)cc4)cc2)c2cc(F)c(F)c(F)c2F)cc13. The van der Waals surface area contributed by atoms with Gasteiger partial charge in [-0.15, -0.1) is 0 Å². The zero-order valence-corrected chi connectivity index (χ0v) is 28.3. The molecular formula is C44H35F4NO. The molecule has 0 saturated heterocycles. The van der Waals surface area contributed by atoms with Crippen molar-refractivity contribution >= 4 is 39.0 Å². The molecule has 6 aromatic carbocycles. The molecule has 0 radical (unpaired) electrons. The van der Waals surface area contributed by atoms with Crippen molar-refractivity contribution in [3.63, 3.8) is 0 Å². The Bertz CT molecular complexity index is 2410. The Kier molecular flexibility index (Phi) is 7.41. The summed E-state index contributed by atoms with van der Waals surface area (Å²) < 4.78 is 65.6. The quantitative estimate of drug-likeness (QED) is 0.103. The second-order valence-electron chi connectivity index (χ2n) is 14.6. The van der Waals surface area contributed by atoms with E-state index in [1.54, 1.807) is 24.3 Å². The number of furan rings is 1. The standard InChI is InChI=1S/C44H35F4NO/c1-43(2)20-21-44(3,4)35-24-39-33(23-34(35)43)32-22-31(18-19-38(32)50-39)49(37-25-36(45)40(46)42(48)41(37)47)30-16-14-29(15-17-30)28-12-10-27(11-13-28)26-8-6-5-7-9-26/h5-19,22-25H,20-21H2,1-4H3. The average Bonchev–Trinajstić information content (AvgIpc) is 3.49. The molecule has 6 heteroatoms. The predicted octanol–water partition coefficient (Wildman–Crippen LogP) is 13.3. The minimum absolute atomic E-state index is 0.00959. The molecule has 1 aliphatic carbocycles. The van der Waals surface area contributed by atoms with Crippen LogP contribution in [0.4, 0.5) is 34.6 Å². The average molecular weight is 670 g/mol. The summed E-state index contributed by atoms with van der Waals surface area (Å²) in [6.07, 6.45) is 2.10. The lowest BCUT2D eigenvalue weighted by atomic mass is 9.63. The Morgan fingerprint density at radius 2 is 1.02 bits per heavy atom. The van der Waals surface area contributed by atoms with Crippen molar-refractivity contribution in [3.8, 4) is 22.3 Å². The van der Waals surface area contributed by atoms with Crippen LogP contribution in [0, 0.1) is 23.3 Å². The molecule has 50 heavy (non-hydrogen) atoms. The molecule has 0 unspecified atom stereocenters. The lowest BCUT2D eigenvalue weighted by Gasteiger charge is -2.41. The van der Waals surface area contributed by atoms with Gasteiger partial charge in [-0.3, -0.25) is 0 Å². The molecule has 1 aliphatic rings. The molecular weight excluding hydrogens is 634 g/mol. The molecule has 7 aromatic rings. The van der Waals surface area contributed by atoms with Crippen molar-refractivity contribution in [2.75, 3.05) is 4.90 Å². The van der Waals surface area contributed by atoms with Gasteiger partial charge in [0.15, 0.2) is 23.3 Å². The van der Waals surface area contributed by atoms with Gasteiger partial charge in [-0.1, -0.05) is 94.4 Å². The van der Waals surface area contributed by atoms with Gasteiger partial charge in [-0.25, -0.2) is 17.6 Å². The van der Waals surface area contributed by atoms with Gasteiger partial charge in [0.25, 0.3) is 0 Å². The highest BCUT2D eigenvalue weighted by Gasteiger charge is 2.38. The molecule has 1 heterocycles. The largest absolute Gasteiger partial charge is 0.456 e. The summed E-state index contributed by atoms with van der Waals surface area (Å²) in [6.45, 7) is 9.02. The molecule has 0 amide bonds. The van der Waals surface area contributed by atoms with Crippen LogP contribution >= 0.6 is 0 Å². The van der Waals surface area contributed by atoms with E-state index in [9.17, 15) is 13.2 Å². The predicted molar refractivity (Wildman–Crippen MR) is 194 cm³/mol. The van der Waals surface area contributed by atoms with Crippen LogP contribution < -0.4 is 4.90 Å². The molecule has 0 atom stereocenters. The third-order valence-corrected chi connectivity index (χ3v) is 10.5. The number of halogens is 4. The van der Waals surface area contributed by atoms with Crippen molar-refractivity contribution < 1.29 is 22.0 Å². The summed E-state index contributed by atoms with van der Waals surface area (Å²) in [5.41, 5.74) is 8.32. The van der Waals surface area contributed by atoms with Crippen LogP contribution in [-0.4, -0.2) is 0 Å². The molecule has 0 fully saturated rings. The first-order valence-corrected chi connectivity index (χ1v) is 16.8. The number of benzene rings is 6. The van der Waals surface area contributed by atoms with E-state index in [1.807, 2.05) is 60.7 Å². The maximum absolute atomic E-state index is 15.6. The van der Waals surface area contributed by atoms with Crippen LogP contribution in [0.3, 0.4) is 0 Å². The zero-order valence-electron chi connectivity index (χ0n) is 28.3. The van der Waals surface area contributed by atoms with Crippen molar-refractivity contribution in [2.24, 2.45) is 0 Å². The van der Waals surface area contributed by atoms with E-state index < -0.39 is 29.0 Å². The first-order valence-electron chi connectivity index (χ1n) is 16.8. The Morgan fingerprint density at radius 3 is 1.64 bits per heavy atom. The van der Waals surface area contributed by atoms with Gasteiger partial charge in [-0.2, -0.15) is 0 Å². The minimum atomic E-state index is -1.87. The van der Waals surface area contributed by atoms with Gasteiger partial charge in [0, 0.05) is 28.2 Å². The number of rotatable bonds is 5. The molecule has 0 aliphatic heterocycles. The van der Waals surface area contributed by atoms with Crippen LogP contribution in [0.2, 0.25) is 0 Å². The Labute approximate surface area is 288 Å². The first kappa shape index (κ1) is 31.9. The lowest BCUT2D eigenvalue weighted by Crippen LogP contribution is -2.33. The number of hydrogen-bond donors (Lipinski definition) is 0. The fraction of sp³-hybridized carbons (Fsp3) is 0.182. The lowest BCUT2D eigenvalue weighted by molar-refractivity contribution is 0.332. The molecule has 250 valence electrons. The molecule has 0 N–H and O–H groups in total. The highest BCUT2D eigenvalue weighted by atomic mass is 19.2. The summed E-state index contributed by atoms with van der Waals surface area (Å²) in [5.74, 6) is -6.69. The Balaban J connectivity index is 1.25. The van der Waals surface area contributed by atoms with Gasteiger partial charge in [0.05, 0.1) is 5.69 Å². The highest BCUT2D eigenvalue weighted by molar-refractivity contribution is 6.07. The van der Waals surface area contributed by atoms with E-state index in [0.29, 0.717) is 23.0 Å². The van der Waals surface area contributed by atoms with Crippen molar-refractivity contribution in [1.82, 2.24) is 0 Å². The van der Waals surface area contributed by atoms with Crippen LogP contribution in [0.5, 0.6) is 0 Å². The van der Waals surface area contributed by atoms with E-state index in [-0.39, 0.29) is 10.8 Å². The third-order valence-electron chi connectivity index (χ3n) is 10.5. The molecule has 2 nitrogen and oxygen atoms in total. The molecule has 1 aromatic heterocycles. The van der Waals surface area contributed by atoms with Gasteiger partial charge < -0.3 is 9.32 Å². The van der Waals surface area contributed by atoms with E-state index in [1.165, 1.54) is 16.0 Å². The number of fused-ring (bicyclic) bond motifs is 4. The van der Waals surface area contributed by atoms with Gasteiger partial charge >= 0.3 is 0 Å². The fourth-order valence-electron chi connectivity index (χ4n) is 7.40. The van der Waals surface area contributed by atoms with Gasteiger partial charge in [0.1, 0.15) is 11.2 Å². The monoisotopic (exact) mass is 669 g/mol. The number of hydrogen-bond acceptors (Lipinski definition) is 2.